The van der Waals surface area contributed by atoms with Crippen molar-refractivity contribution in [2.24, 2.45) is 0 Å². The number of rotatable bonds is 4. The Bertz CT molecular complexity index is 970. The number of nitrogens with one attached hydrogen (secondary N) is 1. The molecule has 1 N–H and O–H groups in total. The molecule has 3 heterocycles. The topological polar surface area (TPSA) is 55.4 Å². The molecule has 1 aliphatic heterocycles. The SMILES string of the molecule is O=C1[C@H](c2ccccc2)[C@H](c2ccco2)N[C@@H](c2ccco2)[C@@H]1c1ccccc1. The molecule has 0 spiro atoms. The van der Waals surface area contributed by atoms with E-state index in [4.69, 9.17) is 8.83 Å². The molecule has 0 aliphatic carbocycles. The van der Waals surface area contributed by atoms with Crippen LogP contribution < -0.4 is 5.32 Å². The minimum Gasteiger partial charge on any atom is -0.468 e. The minimum absolute atomic E-state index is 0.156. The quantitative estimate of drug-likeness (QED) is 0.513. The van der Waals surface area contributed by atoms with Gasteiger partial charge in [0.25, 0.3) is 0 Å². The standard InChI is InChI=1S/C25H21NO3/c27-25-21(17-9-3-1-4-10-17)23(19-13-7-15-28-19)26-24(20-14-8-16-29-20)22(25)18-11-5-2-6-12-18/h1-16,21-24,26H/t21-,22+,23-,24-/m0/s1. The molecule has 1 saturated heterocycles. The molecule has 4 heteroatoms. The second-order valence-electron chi connectivity index (χ2n) is 7.33. The predicted octanol–water partition coefficient (Wildman–Crippen LogP) is 5.39. The van der Waals surface area contributed by atoms with E-state index in [1.807, 2.05) is 84.9 Å². The highest BCUT2D eigenvalue weighted by molar-refractivity contribution is 5.94. The normalized spacial score (nSPS) is 24.5. The number of carbonyl (C=O) groups is 1. The number of ketones is 1. The predicted molar refractivity (Wildman–Crippen MR) is 109 cm³/mol. The van der Waals surface area contributed by atoms with Crippen molar-refractivity contribution >= 4 is 5.78 Å². The summed E-state index contributed by atoms with van der Waals surface area (Å²) in [6.07, 6.45) is 3.30. The molecule has 2 aromatic heterocycles. The van der Waals surface area contributed by atoms with Crippen molar-refractivity contribution in [3.05, 3.63) is 120 Å². The van der Waals surface area contributed by atoms with Crippen LogP contribution in [0, 0.1) is 0 Å². The van der Waals surface area contributed by atoms with Gasteiger partial charge in [0.1, 0.15) is 11.5 Å². The molecule has 0 bridgehead atoms. The van der Waals surface area contributed by atoms with Gasteiger partial charge in [-0.1, -0.05) is 60.7 Å². The van der Waals surface area contributed by atoms with Gasteiger partial charge in [0, 0.05) is 0 Å². The van der Waals surface area contributed by atoms with Gasteiger partial charge < -0.3 is 8.83 Å². The Hall–Kier alpha value is -3.37. The lowest BCUT2D eigenvalue weighted by Crippen LogP contribution is -2.46. The largest absolute Gasteiger partial charge is 0.468 e. The lowest BCUT2D eigenvalue weighted by molar-refractivity contribution is -0.126. The maximum atomic E-state index is 14.0. The van der Waals surface area contributed by atoms with Gasteiger partial charge in [0.2, 0.25) is 0 Å². The van der Waals surface area contributed by atoms with Crippen molar-refractivity contribution in [1.29, 1.82) is 0 Å². The van der Waals surface area contributed by atoms with E-state index in [9.17, 15) is 4.79 Å². The Morgan fingerprint density at radius 3 is 1.41 bits per heavy atom. The second kappa shape index (κ2) is 7.57. The van der Waals surface area contributed by atoms with E-state index in [0.717, 1.165) is 22.6 Å². The highest BCUT2D eigenvalue weighted by Gasteiger charge is 2.47. The molecule has 1 aliphatic rings. The molecular formula is C25H21NO3. The van der Waals surface area contributed by atoms with Gasteiger partial charge in [-0.15, -0.1) is 0 Å². The van der Waals surface area contributed by atoms with Gasteiger partial charge >= 0.3 is 0 Å². The highest BCUT2D eigenvalue weighted by Crippen LogP contribution is 2.47. The van der Waals surface area contributed by atoms with Gasteiger partial charge in [0.05, 0.1) is 36.4 Å². The van der Waals surface area contributed by atoms with E-state index >= 15 is 0 Å². The smallest absolute Gasteiger partial charge is 0.151 e. The molecule has 4 atom stereocenters. The van der Waals surface area contributed by atoms with Gasteiger partial charge in [0.15, 0.2) is 5.78 Å². The third-order valence-electron chi connectivity index (χ3n) is 5.66. The number of benzene rings is 2. The lowest BCUT2D eigenvalue weighted by Gasteiger charge is -2.40. The zero-order valence-electron chi connectivity index (χ0n) is 15.8. The molecule has 4 nitrogen and oxygen atoms in total. The summed E-state index contributed by atoms with van der Waals surface area (Å²) in [6.45, 7) is 0. The number of Topliss-reactive ketones (excluding diaryl/α,β-unsaturated/α-hetero) is 1. The van der Waals surface area contributed by atoms with Crippen molar-refractivity contribution in [2.45, 2.75) is 23.9 Å². The summed E-state index contributed by atoms with van der Waals surface area (Å²) in [6, 6.07) is 26.8. The summed E-state index contributed by atoms with van der Waals surface area (Å²) in [7, 11) is 0. The van der Waals surface area contributed by atoms with Crippen LogP contribution >= 0.6 is 0 Å². The van der Waals surface area contributed by atoms with Crippen LogP contribution in [0.5, 0.6) is 0 Å². The van der Waals surface area contributed by atoms with Crippen LogP contribution in [0.25, 0.3) is 0 Å². The summed E-state index contributed by atoms with van der Waals surface area (Å²) in [5.41, 5.74) is 1.95. The first-order chi connectivity index (χ1) is 14.3. The monoisotopic (exact) mass is 383 g/mol. The van der Waals surface area contributed by atoms with Crippen molar-refractivity contribution in [2.75, 3.05) is 0 Å². The van der Waals surface area contributed by atoms with E-state index in [1.165, 1.54) is 0 Å². The molecule has 2 aromatic carbocycles. The summed E-state index contributed by atoms with van der Waals surface area (Å²) >= 11 is 0. The molecule has 144 valence electrons. The van der Waals surface area contributed by atoms with Gasteiger partial charge in [-0.2, -0.15) is 0 Å². The van der Waals surface area contributed by atoms with Crippen LogP contribution in [0.15, 0.2) is 106 Å². The van der Waals surface area contributed by atoms with E-state index in [1.54, 1.807) is 12.5 Å². The Morgan fingerprint density at radius 2 is 1.03 bits per heavy atom. The molecule has 0 amide bonds. The fraction of sp³-hybridized carbons (Fsp3) is 0.160. The van der Waals surface area contributed by atoms with E-state index in [2.05, 4.69) is 5.32 Å². The number of furan rings is 2. The van der Waals surface area contributed by atoms with Crippen molar-refractivity contribution in [1.82, 2.24) is 5.32 Å². The van der Waals surface area contributed by atoms with Crippen LogP contribution in [0.3, 0.4) is 0 Å². The molecular weight excluding hydrogens is 362 g/mol. The zero-order chi connectivity index (χ0) is 19.6. The molecule has 29 heavy (non-hydrogen) atoms. The van der Waals surface area contributed by atoms with Gasteiger partial charge in [-0.25, -0.2) is 0 Å². The molecule has 0 saturated carbocycles. The Morgan fingerprint density at radius 1 is 0.586 bits per heavy atom. The average molecular weight is 383 g/mol. The van der Waals surface area contributed by atoms with E-state index in [-0.39, 0.29) is 29.7 Å². The third kappa shape index (κ3) is 3.22. The lowest BCUT2D eigenvalue weighted by atomic mass is 9.71. The van der Waals surface area contributed by atoms with Crippen LogP contribution in [0.1, 0.15) is 46.6 Å². The third-order valence-corrected chi connectivity index (χ3v) is 5.66. The zero-order valence-corrected chi connectivity index (χ0v) is 15.8. The first kappa shape index (κ1) is 17.7. The summed E-state index contributed by atoms with van der Waals surface area (Å²) < 4.78 is 11.5. The van der Waals surface area contributed by atoms with Crippen molar-refractivity contribution < 1.29 is 13.6 Å². The first-order valence-electron chi connectivity index (χ1n) is 9.79. The number of carbonyl (C=O) groups excluding carboxylic acids is 1. The Kier molecular flexibility index (Phi) is 4.62. The van der Waals surface area contributed by atoms with Crippen molar-refractivity contribution in [3.8, 4) is 0 Å². The Labute approximate surface area is 169 Å². The first-order valence-corrected chi connectivity index (χ1v) is 9.79. The van der Waals surface area contributed by atoms with Crippen molar-refractivity contribution in [3.63, 3.8) is 0 Å². The van der Waals surface area contributed by atoms with Crippen LogP contribution in [0.4, 0.5) is 0 Å². The van der Waals surface area contributed by atoms with Crippen LogP contribution in [-0.4, -0.2) is 5.78 Å². The van der Waals surface area contributed by atoms with E-state index < -0.39 is 0 Å². The average Bonchev–Trinajstić information content (AvgIpc) is 3.49. The highest BCUT2D eigenvalue weighted by atomic mass is 16.3. The minimum atomic E-state index is -0.362. The van der Waals surface area contributed by atoms with E-state index in [0.29, 0.717) is 0 Å². The maximum absolute atomic E-state index is 14.0. The molecule has 4 aromatic rings. The van der Waals surface area contributed by atoms with Gasteiger partial charge in [-0.3, -0.25) is 10.1 Å². The Balaban J connectivity index is 1.66. The fourth-order valence-electron chi connectivity index (χ4n) is 4.37. The fourth-order valence-corrected chi connectivity index (χ4v) is 4.37. The second-order valence-corrected chi connectivity index (χ2v) is 7.33. The van der Waals surface area contributed by atoms with Gasteiger partial charge in [-0.05, 0) is 35.4 Å². The number of hydrogen-bond donors (Lipinski definition) is 1. The van der Waals surface area contributed by atoms with Crippen LogP contribution in [-0.2, 0) is 4.79 Å². The molecule has 0 unspecified atom stereocenters. The maximum Gasteiger partial charge on any atom is 0.151 e. The molecule has 1 fully saturated rings. The van der Waals surface area contributed by atoms with Crippen LogP contribution in [0.2, 0.25) is 0 Å². The summed E-state index contributed by atoms with van der Waals surface area (Å²) in [4.78, 5) is 14.0. The molecule has 0 radical (unpaired) electrons. The summed E-state index contributed by atoms with van der Waals surface area (Å²) in [5, 5.41) is 3.68. The number of piperidine rings is 1. The summed E-state index contributed by atoms with van der Waals surface area (Å²) in [5.74, 6) is 0.923. The number of hydrogen-bond acceptors (Lipinski definition) is 4. The molecule has 5 rings (SSSR count).